The molecular weight excluding hydrogens is 150 g/mol. The second-order valence-corrected chi connectivity index (χ2v) is 2.90. The number of rotatable bonds is 1. The van der Waals surface area contributed by atoms with E-state index in [4.69, 9.17) is 0 Å². The average Bonchev–Trinajstić information content (AvgIpc) is 2.06. The highest BCUT2D eigenvalue weighted by atomic mass is 19.1. The van der Waals surface area contributed by atoms with Crippen molar-refractivity contribution in [1.29, 1.82) is 0 Å². The summed E-state index contributed by atoms with van der Waals surface area (Å²) in [5.74, 6) is -0.142. The largest absolute Gasteiger partial charge is 0.206 e. The van der Waals surface area contributed by atoms with Gasteiger partial charge in [-0.1, -0.05) is 23.7 Å². The lowest BCUT2D eigenvalue weighted by atomic mass is 9.88. The van der Waals surface area contributed by atoms with E-state index in [0.29, 0.717) is 5.56 Å². The summed E-state index contributed by atoms with van der Waals surface area (Å²) in [5.41, 5.74) is 2.86. The van der Waals surface area contributed by atoms with E-state index in [9.17, 15) is 4.39 Å². The fourth-order valence-corrected chi connectivity index (χ4v) is 1.18. The van der Waals surface area contributed by atoms with E-state index in [-0.39, 0.29) is 5.82 Å². The second-order valence-electron chi connectivity index (χ2n) is 2.90. The molecule has 0 atom stereocenters. The molecule has 0 aliphatic rings. The Balaban J connectivity index is 3.32. The van der Waals surface area contributed by atoms with Gasteiger partial charge in [0.2, 0.25) is 0 Å². The second kappa shape index (κ2) is 3.57. The lowest BCUT2D eigenvalue weighted by Gasteiger charge is -2.05. The minimum Gasteiger partial charge on any atom is -0.206 e. The highest BCUT2D eigenvalue weighted by molar-refractivity contribution is 6.33. The zero-order chi connectivity index (χ0) is 9.14. The molecule has 1 aromatic rings. The first kappa shape index (κ1) is 9.05. The molecule has 0 saturated carbocycles. The van der Waals surface area contributed by atoms with Crippen molar-refractivity contribution in [1.82, 2.24) is 0 Å². The van der Waals surface area contributed by atoms with Crippen LogP contribution in [-0.4, -0.2) is 7.85 Å². The first-order valence-corrected chi connectivity index (χ1v) is 4.05. The summed E-state index contributed by atoms with van der Waals surface area (Å²) in [4.78, 5) is 0. The molecule has 0 aromatic heterocycles. The van der Waals surface area contributed by atoms with E-state index in [1.165, 1.54) is 6.07 Å². The molecule has 0 amide bonds. The summed E-state index contributed by atoms with van der Waals surface area (Å²) in [5, 5.41) is 0. The van der Waals surface area contributed by atoms with Crippen LogP contribution in [0.15, 0.2) is 18.2 Å². The Kier molecular flexibility index (Phi) is 2.69. The summed E-state index contributed by atoms with van der Waals surface area (Å²) in [6.07, 6.45) is 3.66. The van der Waals surface area contributed by atoms with E-state index in [0.717, 1.165) is 11.0 Å². The molecule has 0 nitrogen and oxygen atoms in total. The first-order chi connectivity index (χ1) is 5.66. The first-order valence-electron chi connectivity index (χ1n) is 4.05. The molecule has 0 spiro atoms. The van der Waals surface area contributed by atoms with Crippen molar-refractivity contribution in [3.8, 4) is 0 Å². The molecule has 0 bridgehead atoms. The summed E-state index contributed by atoms with van der Waals surface area (Å²) >= 11 is 0. The average molecular weight is 162 g/mol. The summed E-state index contributed by atoms with van der Waals surface area (Å²) in [7, 11) is 1.99. The van der Waals surface area contributed by atoms with Gasteiger partial charge in [-0.3, -0.25) is 0 Å². The van der Waals surface area contributed by atoms with Crippen LogP contribution >= 0.6 is 0 Å². The van der Waals surface area contributed by atoms with Gasteiger partial charge in [0.1, 0.15) is 13.7 Å². The third-order valence-corrected chi connectivity index (χ3v) is 2.07. The van der Waals surface area contributed by atoms with Crippen molar-refractivity contribution in [2.24, 2.45) is 0 Å². The van der Waals surface area contributed by atoms with Crippen LogP contribution in [-0.2, 0) is 0 Å². The number of halogens is 1. The molecule has 0 radical (unpaired) electrons. The van der Waals surface area contributed by atoms with E-state index >= 15 is 0 Å². The standard InChI is InChI=1S/C10H12BF/c1-3-4-8-7(2)9(11)5-6-10(8)12/h3-6H,11H2,1-2H3/b4-3-. The highest BCUT2D eigenvalue weighted by Crippen LogP contribution is 2.11. The van der Waals surface area contributed by atoms with Crippen LogP contribution in [0.25, 0.3) is 6.08 Å². The number of hydrogen-bond donors (Lipinski definition) is 0. The Labute approximate surface area is 73.5 Å². The van der Waals surface area contributed by atoms with E-state index in [2.05, 4.69) is 0 Å². The van der Waals surface area contributed by atoms with Gasteiger partial charge in [-0.25, -0.2) is 4.39 Å². The third kappa shape index (κ3) is 1.58. The van der Waals surface area contributed by atoms with Gasteiger partial charge in [-0.05, 0) is 25.5 Å². The number of hydrogen-bond acceptors (Lipinski definition) is 0. The van der Waals surface area contributed by atoms with Gasteiger partial charge in [0.25, 0.3) is 0 Å². The SMILES string of the molecule is Bc1ccc(F)c(/C=C\C)c1C. The number of benzene rings is 1. The van der Waals surface area contributed by atoms with Crippen LogP contribution in [0, 0.1) is 12.7 Å². The number of allylic oxidation sites excluding steroid dienone is 1. The van der Waals surface area contributed by atoms with Crippen LogP contribution in [0.5, 0.6) is 0 Å². The van der Waals surface area contributed by atoms with Gasteiger partial charge < -0.3 is 0 Å². The zero-order valence-corrected chi connectivity index (χ0v) is 7.69. The minimum atomic E-state index is -0.142. The lowest BCUT2D eigenvalue weighted by molar-refractivity contribution is 0.624. The fourth-order valence-electron chi connectivity index (χ4n) is 1.18. The van der Waals surface area contributed by atoms with Crippen molar-refractivity contribution < 1.29 is 4.39 Å². The van der Waals surface area contributed by atoms with Crippen LogP contribution in [0.4, 0.5) is 4.39 Å². The van der Waals surface area contributed by atoms with E-state index < -0.39 is 0 Å². The smallest absolute Gasteiger partial charge is 0.139 e. The molecular formula is C10H12BF. The van der Waals surface area contributed by atoms with Gasteiger partial charge in [0, 0.05) is 5.56 Å². The molecule has 0 saturated heterocycles. The minimum absolute atomic E-state index is 0.142. The Morgan fingerprint density at radius 1 is 1.42 bits per heavy atom. The van der Waals surface area contributed by atoms with Crippen LogP contribution in [0.1, 0.15) is 18.1 Å². The maximum Gasteiger partial charge on any atom is 0.139 e. The Bertz CT molecular complexity index is 316. The molecule has 0 unspecified atom stereocenters. The fraction of sp³-hybridized carbons (Fsp3) is 0.200. The van der Waals surface area contributed by atoms with Crippen molar-refractivity contribution in [3.63, 3.8) is 0 Å². The molecule has 1 rings (SSSR count). The van der Waals surface area contributed by atoms with Crippen LogP contribution in [0.3, 0.4) is 0 Å². The quantitative estimate of drug-likeness (QED) is 0.548. The Morgan fingerprint density at radius 2 is 2.08 bits per heavy atom. The van der Waals surface area contributed by atoms with E-state index in [1.54, 1.807) is 12.1 Å². The molecule has 0 N–H and O–H groups in total. The van der Waals surface area contributed by atoms with Crippen molar-refractivity contribution in [3.05, 3.63) is 35.2 Å². The molecule has 0 fully saturated rings. The van der Waals surface area contributed by atoms with Crippen molar-refractivity contribution >= 4 is 19.4 Å². The predicted molar refractivity (Wildman–Crippen MR) is 54.0 cm³/mol. The van der Waals surface area contributed by atoms with Gasteiger partial charge in [-0.2, -0.15) is 0 Å². The maximum absolute atomic E-state index is 13.2. The van der Waals surface area contributed by atoms with Gasteiger partial charge >= 0.3 is 0 Å². The monoisotopic (exact) mass is 162 g/mol. The Hall–Kier alpha value is -1.05. The van der Waals surface area contributed by atoms with Gasteiger partial charge in [0.05, 0.1) is 0 Å². The topological polar surface area (TPSA) is 0 Å². The molecule has 0 aliphatic heterocycles. The highest BCUT2D eigenvalue weighted by Gasteiger charge is 2.03. The summed E-state index contributed by atoms with van der Waals surface area (Å²) in [6, 6.07) is 3.31. The summed E-state index contributed by atoms with van der Waals surface area (Å²) < 4.78 is 13.2. The summed E-state index contributed by atoms with van der Waals surface area (Å²) in [6.45, 7) is 3.83. The van der Waals surface area contributed by atoms with E-state index in [1.807, 2.05) is 27.8 Å². The predicted octanol–water partition coefficient (Wildman–Crippen LogP) is 1.43. The van der Waals surface area contributed by atoms with Crippen molar-refractivity contribution in [2.45, 2.75) is 13.8 Å². The maximum atomic E-state index is 13.2. The molecule has 1 aromatic carbocycles. The van der Waals surface area contributed by atoms with Crippen LogP contribution in [0.2, 0.25) is 0 Å². The molecule has 2 heteroatoms. The molecule has 62 valence electrons. The normalized spacial score (nSPS) is 10.9. The van der Waals surface area contributed by atoms with Crippen LogP contribution < -0.4 is 5.46 Å². The third-order valence-electron chi connectivity index (χ3n) is 2.07. The molecule has 0 aliphatic carbocycles. The molecule has 12 heavy (non-hydrogen) atoms. The van der Waals surface area contributed by atoms with Gasteiger partial charge in [-0.15, -0.1) is 0 Å². The molecule has 0 heterocycles. The lowest BCUT2D eigenvalue weighted by Crippen LogP contribution is -2.09. The van der Waals surface area contributed by atoms with Gasteiger partial charge in [0.15, 0.2) is 0 Å². The zero-order valence-electron chi connectivity index (χ0n) is 7.69. The van der Waals surface area contributed by atoms with Crippen molar-refractivity contribution in [2.75, 3.05) is 0 Å². The Morgan fingerprint density at radius 3 is 2.67 bits per heavy atom.